The van der Waals surface area contributed by atoms with Gasteiger partial charge in [0.1, 0.15) is 5.52 Å². The molecule has 0 aliphatic heterocycles. The van der Waals surface area contributed by atoms with Gasteiger partial charge >= 0.3 is 0 Å². The SMILES string of the molecule is CC1CCCCC1NC(=O)c1ccc(Cn2nnc3ccccc32)cc1. The van der Waals surface area contributed by atoms with E-state index in [1.54, 1.807) is 0 Å². The molecule has 1 aliphatic carbocycles. The molecule has 5 heteroatoms. The summed E-state index contributed by atoms with van der Waals surface area (Å²) < 4.78 is 1.88. The molecule has 1 N–H and O–H groups in total. The van der Waals surface area contributed by atoms with Crippen LogP contribution < -0.4 is 5.32 Å². The van der Waals surface area contributed by atoms with E-state index < -0.39 is 0 Å². The molecule has 0 radical (unpaired) electrons. The maximum Gasteiger partial charge on any atom is 0.251 e. The molecular weight excluding hydrogens is 324 g/mol. The number of fused-ring (bicyclic) bond motifs is 1. The van der Waals surface area contributed by atoms with Crippen LogP contribution in [-0.2, 0) is 6.54 Å². The highest BCUT2D eigenvalue weighted by atomic mass is 16.1. The normalized spacial score (nSPS) is 20.2. The Morgan fingerprint density at radius 3 is 2.69 bits per heavy atom. The Kier molecular flexibility index (Phi) is 4.69. The van der Waals surface area contributed by atoms with E-state index in [0.717, 1.165) is 28.6 Å². The van der Waals surface area contributed by atoms with Gasteiger partial charge in [-0.3, -0.25) is 4.79 Å². The Morgan fingerprint density at radius 2 is 1.88 bits per heavy atom. The summed E-state index contributed by atoms with van der Waals surface area (Å²) in [5, 5.41) is 11.6. The average Bonchev–Trinajstić information content (AvgIpc) is 3.07. The monoisotopic (exact) mass is 348 g/mol. The largest absolute Gasteiger partial charge is 0.349 e. The molecule has 1 fully saturated rings. The van der Waals surface area contributed by atoms with E-state index in [9.17, 15) is 4.79 Å². The molecule has 134 valence electrons. The van der Waals surface area contributed by atoms with Crippen molar-refractivity contribution in [2.45, 2.75) is 45.2 Å². The standard InChI is InChI=1S/C21H24N4O/c1-15-6-2-3-7-18(15)22-21(26)17-12-10-16(11-13-17)14-25-20-9-5-4-8-19(20)23-24-25/h4-5,8-13,15,18H,2-3,6-7,14H2,1H3,(H,22,26). The van der Waals surface area contributed by atoms with Gasteiger partial charge in [-0.1, -0.05) is 49.2 Å². The zero-order valence-corrected chi connectivity index (χ0v) is 15.1. The van der Waals surface area contributed by atoms with Crippen LogP contribution in [0.4, 0.5) is 0 Å². The molecule has 2 unspecified atom stereocenters. The molecule has 2 atom stereocenters. The molecule has 1 heterocycles. The third-order valence-corrected chi connectivity index (χ3v) is 5.40. The van der Waals surface area contributed by atoms with Crippen LogP contribution in [0.3, 0.4) is 0 Å². The Balaban J connectivity index is 1.44. The number of carbonyl (C=O) groups is 1. The number of amides is 1. The average molecular weight is 348 g/mol. The third-order valence-electron chi connectivity index (χ3n) is 5.40. The highest BCUT2D eigenvalue weighted by Crippen LogP contribution is 2.24. The van der Waals surface area contributed by atoms with E-state index in [4.69, 9.17) is 0 Å². The summed E-state index contributed by atoms with van der Waals surface area (Å²) in [5.41, 5.74) is 3.73. The van der Waals surface area contributed by atoms with Crippen LogP contribution in [0.25, 0.3) is 11.0 Å². The summed E-state index contributed by atoms with van der Waals surface area (Å²) in [5.74, 6) is 0.592. The summed E-state index contributed by atoms with van der Waals surface area (Å²) in [6.45, 7) is 2.87. The van der Waals surface area contributed by atoms with Gasteiger partial charge in [0.2, 0.25) is 0 Å². The van der Waals surface area contributed by atoms with Crippen LogP contribution in [0.5, 0.6) is 0 Å². The smallest absolute Gasteiger partial charge is 0.251 e. The second kappa shape index (κ2) is 7.28. The van der Waals surface area contributed by atoms with E-state index in [1.165, 1.54) is 19.3 Å². The molecule has 2 aromatic carbocycles. The quantitative estimate of drug-likeness (QED) is 0.780. The number of benzene rings is 2. The summed E-state index contributed by atoms with van der Waals surface area (Å²) in [6.07, 6.45) is 4.78. The van der Waals surface area contributed by atoms with E-state index in [1.807, 2.05) is 53.2 Å². The van der Waals surface area contributed by atoms with Crippen molar-refractivity contribution in [1.29, 1.82) is 0 Å². The van der Waals surface area contributed by atoms with E-state index in [-0.39, 0.29) is 5.91 Å². The van der Waals surface area contributed by atoms with Gasteiger partial charge in [0.15, 0.2) is 0 Å². The fourth-order valence-electron chi connectivity index (χ4n) is 3.75. The predicted octanol–water partition coefficient (Wildman–Crippen LogP) is 3.79. The first-order chi connectivity index (χ1) is 12.7. The van der Waals surface area contributed by atoms with Crippen LogP contribution in [0.15, 0.2) is 48.5 Å². The van der Waals surface area contributed by atoms with Gasteiger partial charge in [-0.05, 0) is 48.6 Å². The van der Waals surface area contributed by atoms with Crippen molar-refractivity contribution in [2.75, 3.05) is 0 Å². The first kappa shape index (κ1) is 16.8. The van der Waals surface area contributed by atoms with Gasteiger partial charge in [0.05, 0.1) is 12.1 Å². The number of aromatic nitrogens is 3. The number of hydrogen-bond donors (Lipinski definition) is 1. The number of nitrogens with one attached hydrogen (secondary N) is 1. The lowest BCUT2D eigenvalue weighted by Gasteiger charge is -2.29. The number of rotatable bonds is 4. The Bertz CT molecular complexity index is 900. The van der Waals surface area contributed by atoms with Gasteiger partial charge in [-0.25, -0.2) is 4.68 Å². The number of nitrogens with zero attached hydrogens (tertiary/aromatic N) is 3. The van der Waals surface area contributed by atoms with Crippen LogP contribution in [0.1, 0.15) is 48.5 Å². The molecule has 1 aromatic heterocycles. The first-order valence-corrected chi connectivity index (χ1v) is 9.39. The van der Waals surface area contributed by atoms with E-state index >= 15 is 0 Å². The Morgan fingerprint density at radius 1 is 1.12 bits per heavy atom. The topological polar surface area (TPSA) is 59.8 Å². The maximum atomic E-state index is 12.5. The molecule has 0 bridgehead atoms. The summed E-state index contributed by atoms with van der Waals surface area (Å²) in [7, 11) is 0. The molecule has 1 saturated carbocycles. The Labute approximate surface area is 153 Å². The summed E-state index contributed by atoms with van der Waals surface area (Å²) >= 11 is 0. The predicted molar refractivity (Wildman–Crippen MR) is 102 cm³/mol. The van der Waals surface area contributed by atoms with Crippen molar-refractivity contribution in [2.24, 2.45) is 5.92 Å². The highest BCUT2D eigenvalue weighted by molar-refractivity contribution is 5.94. The van der Waals surface area contributed by atoms with Crippen molar-refractivity contribution in [1.82, 2.24) is 20.3 Å². The molecule has 26 heavy (non-hydrogen) atoms. The molecule has 5 nitrogen and oxygen atoms in total. The molecule has 3 aromatic rings. The first-order valence-electron chi connectivity index (χ1n) is 9.39. The number of carbonyl (C=O) groups excluding carboxylic acids is 1. The van der Waals surface area contributed by atoms with Crippen molar-refractivity contribution in [3.05, 3.63) is 59.7 Å². The number of hydrogen-bond acceptors (Lipinski definition) is 3. The van der Waals surface area contributed by atoms with Gasteiger partial charge < -0.3 is 5.32 Å². The fourth-order valence-corrected chi connectivity index (χ4v) is 3.75. The third kappa shape index (κ3) is 3.47. The molecule has 1 aliphatic rings. The summed E-state index contributed by atoms with van der Waals surface area (Å²) in [6, 6.07) is 16.0. The molecular formula is C21H24N4O. The zero-order valence-electron chi connectivity index (χ0n) is 15.1. The lowest BCUT2D eigenvalue weighted by Crippen LogP contribution is -2.41. The van der Waals surface area contributed by atoms with Crippen molar-refractivity contribution >= 4 is 16.9 Å². The minimum Gasteiger partial charge on any atom is -0.349 e. The number of para-hydroxylation sites is 1. The van der Waals surface area contributed by atoms with Gasteiger partial charge in [-0.15, -0.1) is 5.10 Å². The highest BCUT2D eigenvalue weighted by Gasteiger charge is 2.23. The second-order valence-electron chi connectivity index (χ2n) is 7.27. The summed E-state index contributed by atoms with van der Waals surface area (Å²) in [4.78, 5) is 12.5. The van der Waals surface area contributed by atoms with Crippen LogP contribution in [-0.4, -0.2) is 26.9 Å². The van der Waals surface area contributed by atoms with Gasteiger partial charge in [0, 0.05) is 11.6 Å². The molecule has 4 rings (SSSR count). The lowest BCUT2D eigenvalue weighted by molar-refractivity contribution is 0.0910. The lowest BCUT2D eigenvalue weighted by atomic mass is 9.86. The molecule has 0 spiro atoms. The van der Waals surface area contributed by atoms with Crippen LogP contribution in [0.2, 0.25) is 0 Å². The van der Waals surface area contributed by atoms with Crippen LogP contribution >= 0.6 is 0 Å². The maximum absolute atomic E-state index is 12.5. The van der Waals surface area contributed by atoms with Crippen molar-refractivity contribution < 1.29 is 4.79 Å². The molecule has 1 amide bonds. The molecule has 0 saturated heterocycles. The van der Waals surface area contributed by atoms with E-state index in [0.29, 0.717) is 18.5 Å². The van der Waals surface area contributed by atoms with Gasteiger partial charge in [-0.2, -0.15) is 0 Å². The van der Waals surface area contributed by atoms with Crippen molar-refractivity contribution in [3.63, 3.8) is 0 Å². The Hall–Kier alpha value is -2.69. The minimum absolute atomic E-state index is 0.0292. The zero-order chi connectivity index (χ0) is 17.9. The van der Waals surface area contributed by atoms with Crippen molar-refractivity contribution in [3.8, 4) is 0 Å². The fraction of sp³-hybridized carbons (Fsp3) is 0.381. The van der Waals surface area contributed by atoms with Gasteiger partial charge in [0.25, 0.3) is 5.91 Å². The second-order valence-corrected chi connectivity index (χ2v) is 7.27. The van der Waals surface area contributed by atoms with E-state index in [2.05, 4.69) is 22.6 Å². The van der Waals surface area contributed by atoms with Crippen LogP contribution in [0, 0.1) is 5.92 Å². The minimum atomic E-state index is 0.0292.